The van der Waals surface area contributed by atoms with Crippen LogP contribution in [0.25, 0.3) is 0 Å². The summed E-state index contributed by atoms with van der Waals surface area (Å²) in [4.78, 5) is 11.0. The van der Waals surface area contributed by atoms with Crippen molar-refractivity contribution >= 4 is 5.91 Å². The normalized spacial score (nSPS) is 11.9. The van der Waals surface area contributed by atoms with Gasteiger partial charge in [-0.25, -0.2) is 4.39 Å². The Morgan fingerprint density at radius 1 is 1.14 bits per heavy atom. The molecule has 1 amide bonds. The zero-order valence-corrected chi connectivity index (χ0v) is 11.7. The molecule has 0 aliphatic rings. The summed E-state index contributed by atoms with van der Waals surface area (Å²) in [5.41, 5.74) is 6.97. The van der Waals surface area contributed by atoms with Gasteiger partial charge in [0, 0.05) is 0 Å². The highest BCUT2D eigenvalue weighted by molar-refractivity contribution is 5.76. The monoisotopic (exact) mass is 288 g/mol. The van der Waals surface area contributed by atoms with Crippen molar-refractivity contribution in [2.75, 3.05) is 13.7 Å². The minimum atomic E-state index is -0.448. The van der Waals surface area contributed by atoms with E-state index in [1.54, 1.807) is 19.2 Å². The molecule has 2 aromatic rings. The molecule has 2 rings (SSSR count). The van der Waals surface area contributed by atoms with E-state index in [2.05, 4.69) is 5.32 Å². The van der Waals surface area contributed by atoms with E-state index in [0.29, 0.717) is 0 Å². The van der Waals surface area contributed by atoms with Crippen LogP contribution in [-0.2, 0) is 4.79 Å². The predicted molar refractivity (Wildman–Crippen MR) is 78.4 cm³/mol. The van der Waals surface area contributed by atoms with Crippen LogP contribution in [0.15, 0.2) is 48.5 Å². The first-order valence-electron chi connectivity index (χ1n) is 6.51. The number of ether oxygens (including phenoxy) is 1. The highest BCUT2D eigenvalue weighted by atomic mass is 19.1. The third-order valence-electron chi connectivity index (χ3n) is 3.13. The lowest BCUT2D eigenvalue weighted by Crippen LogP contribution is -2.32. The second-order valence-electron chi connectivity index (χ2n) is 4.60. The zero-order valence-electron chi connectivity index (χ0n) is 11.7. The molecule has 0 saturated heterocycles. The first-order chi connectivity index (χ1) is 10.1. The number of amides is 1. The van der Waals surface area contributed by atoms with Gasteiger partial charge < -0.3 is 10.5 Å². The SMILES string of the molecule is COc1ccc([C@@H](NCC(N)=O)c2ccc(F)cc2)cc1. The van der Waals surface area contributed by atoms with Crippen molar-refractivity contribution in [3.05, 3.63) is 65.5 Å². The van der Waals surface area contributed by atoms with Crippen molar-refractivity contribution in [3.63, 3.8) is 0 Å². The summed E-state index contributed by atoms with van der Waals surface area (Å²) >= 11 is 0. The Morgan fingerprint density at radius 2 is 1.67 bits per heavy atom. The fourth-order valence-corrected chi connectivity index (χ4v) is 2.08. The summed E-state index contributed by atoms with van der Waals surface area (Å²) in [5.74, 6) is -0.00994. The fraction of sp³-hybridized carbons (Fsp3) is 0.188. The third kappa shape index (κ3) is 4.03. The number of rotatable bonds is 6. The highest BCUT2D eigenvalue weighted by Crippen LogP contribution is 2.24. The summed E-state index contributed by atoms with van der Waals surface area (Å²) in [6.07, 6.45) is 0. The number of benzene rings is 2. The number of carbonyl (C=O) groups excluding carboxylic acids is 1. The predicted octanol–water partition coefficient (Wildman–Crippen LogP) is 2.00. The van der Waals surface area contributed by atoms with Crippen molar-refractivity contribution in [2.24, 2.45) is 5.73 Å². The number of nitrogens with two attached hydrogens (primary N) is 1. The third-order valence-corrected chi connectivity index (χ3v) is 3.13. The van der Waals surface area contributed by atoms with Gasteiger partial charge >= 0.3 is 0 Å². The molecule has 2 aromatic carbocycles. The van der Waals surface area contributed by atoms with E-state index in [-0.39, 0.29) is 18.4 Å². The molecule has 4 nitrogen and oxygen atoms in total. The van der Waals surface area contributed by atoms with Crippen LogP contribution >= 0.6 is 0 Å². The maximum absolute atomic E-state index is 13.1. The van der Waals surface area contributed by atoms with Crippen molar-refractivity contribution in [3.8, 4) is 5.75 Å². The fourth-order valence-electron chi connectivity index (χ4n) is 2.08. The molecule has 3 N–H and O–H groups in total. The summed E-state index contributed by atoms with van der Waals surface area (Å²) in [7, 11) is 1.60. The Kier molecular flexibility index (Phi) is 4.90. The summed E-state index contributed by atoms with van der Waals surface area (Å²) in [6, 6.07) is 13.3. The molecule has 0 heterocycles. The van der Waals surface area contributed by atoms with E-state index < -0.39 is 5.91 Å². The number of primary amides is 1. The molecule has 0 radical (unpaired) electrons. The van der Waals surface area contributed by atoms with Gasteiger partial charge in [-0.3, -0.25) is 10.1 Å². The molecule has 0 aliphatic heterocycles. The van der Waals surface area contributed by atoms with Gasteiger partial charge in [0.2, 0.25) is 5.91 Å². The molecule has 110 valence electrons. The van der Waals surface area contributed by atoms with Gasteiger partial charge in [0.15, 0.2) is 0 Å². The molecule has 0 bridgehead atoms. The number of halogens is 1. The van der Waals surface area contributed by atoms with Crippen LogP contribution in [0.5, 0.6) is 5.75 Å². The standard InChI is InChI=1S/C16H17FN2O2/c1-21-14-8-4-12(5-9-14)16(19-10-15(18)20)11-2-6-13(17)7-3-11/h2-9,16,19H,10H2,1H3,(H2,18,20)/t16-/m0/s1. The van der Waals surface area contributed by atoms with Gasteiger partial charge in [0.05, 0.1) is 19.7 Å². The molecule has 0 saturated carbocycles. The Bertz CT molecular complexity index is 597. The minimum absolute atomic E-state index is 0.0358. The summed E-state index contributed by atoms with van der Waals surface area (Å²) < 4.78 is 18.2. The lowest BCUT2D eigenvalue weighted by Gasteiger charge is -2.19. The Balaban J connectivity index is 2.29. The van der Waals surface area contributed by atoms with Crippen LogP contribution in [0, 0.1) is 5.82 Å². The van der Waals surface area contributed by atoms with E-state index in [1.807, 2.05) is 24.3 Å². The maximum atomic E-state index is 13.1. The van der Waals surface area contributed by atoms with E-state index in [0.717, 1.165) is 16.9 Å². The van der Waals surface area contributed by atoms with Crippen molar-refractivity contribution in [2.45, 2.75) is 6.04 Å². The number of hydrogen-bond acceptors (Lipinski definition) is 3. The maximum Gasteiger partial charge on any atom is 0.231 e. The summed E-state index contributed by atoms with van der Waals surface area (Å²) in [5, 5.41) is 3.07. The van der Waals surface area contributed by atoms with Gasteiger partial charge in [-0.2, -0.15) is 0 Å². The quantitative estimate of drug-likeness (QED) is 0.854. The highest BCUT2D eigenvalue weighted by Gasteiger charge is 2.14. The van der Waals surface area contributed by atoms with Gasteiger partial charge in [-0.1, -0.05) is 24.3 Å². The van der Waals surface area contributed by atoms with Gasteiger partial charge in [0.25, 0.3) is 0 Å². The number of nitrogens with one attached hydrogen (secondary N) is 1. The van der Waals surface area contributed by atoms with Gasteiger partial charge in [-0.05, 0) is 35.4 Å². The second-order valence-corrected chi connectivity index (χ2v) is 4.60. The number of carbonyl (C=O) groups is 1. The Hall–Kier alpha value is -2.40. The molecule has 0 aromatic heterocycles. The van der Waals surface area contributed by atoms with Crippen molar-refractivity contribution < 1.29 is 13.9 Å². The molecule has 1 atom stereocenters. The van der Waals surface area contributed by atoms with Crippen LogP contribution < -0.4 is 15.8 Å². The van der Waals surface area contributed by atoms with E-state index in [4.69, 9.17) is 10.5 Å². The molecule has 0 unspecified atom stereocenters. The summed E-state index contributed by atoms with van der Waals surface area (Å²) in [6.45, 7) is 0.0358. The second kappa shape index (κ2) is 6.85. The first-order valence-corrected chi connectivity index (χ1v) is 6.51. The molecule has 0 aliphatic carbocycles. The first kappa shape index (κ1) is 15.0. The van der Waals surface area contributed by atoms with Gasteiger partial charge in [-0.15, -0.1) is 0 Å². The lowest BCUT2D eigenvalue weighted by molar-refractivity contribution is -0.117. The van der Waals surface area contributed by atoms with E-state index >= 15 is 0 Å². The van der Waals surface area contributed by atoms with E-state index in [9.17, 15) is 9.18 Å². The molecule has 0 spiro atoms. The Morgan fingerprint density at radius 3 is 2.14 bits per heavy atom. The Labute approximate surface area is 122 Å². The number of methoxy groups -OCH3 is 1. The molecular formula is C16H17FN2O2. The minimum Gasteiger partial charge on any atom is -0.497 e. The van der Waals surface area contributed by atoms with E-state index in [1.165, 1.54) is 12.1 Å². The molecule has 0 fully saturated rings. The number of hydrogen-bond donors (Lipinski definition) is 2. The topological polar surface area (TPSA) is 64.3 Å². The van der Waals surface area contributed by atoms with Crippen LogP contribution in [0.4, 0.5) is 4.39 Å². The lowest BCUT2D eigenvalue weighted by atomic mass is 9.98. The smallest absolute Gasteiger partial charge is 0.231 e. The molecular weight excluding hydrogens is 271 g/mol. The van der Waals surface area contributed by atoms with Gasteiger partial charge in [0.1, 0.15) is 11.6 Å². The molecule has 5 heteroatoms. The largest absolute Gasteiger partial charge is 0.497 e. The van der Waals surface area contributed by atoms with Crippen LogP contribution in [0.2, 0.25) is 0 Å². The average molecular weight is 288 g/mol. The van der Waals surface area contributed by atoms with Crippen LogP contribution in [-0.4, -0.2) is 19.6 Å². The van der Waals surface area contributed by atoms with Crippen LogP contribution in [0.1, 0.15) is 17.2 Å². The van der Waals surface area contributed by atoms with Crippen molar-refractivity contribution in [1.82, 2.24) is 5.32 Å². The zero-order chi connectivity index (χ0) is 15.2. The van der Waals surface area contributed by atoms with Crippen molar-refractivity contribution in [1.29, 1.82) is 0 Å². The van der Waals surface area contributed by atoms with Crippen LogP contribution in [0.3, 0.4) is 0 Å². The molecule has 21 heavy (non-hydrogen) atoms. The average Bonchev–Trinajstić information content (AvgIpc) is 2.49.